The van der Waals surface area contributed by atoms with Gasteiger partial charge in [-0.25, -0.2) is 0 Å². The third-order valence-electron chi connectivity index (χ3n) is 5.61. The third-order valence-corrected chi connectivity index (χ3v) is 5.61. The fourth-order valence-corrected chi connectivity index (χ4v) is 4.00. The molecule has 2 aromatic rings. The summed E-state index contributed by atoms with van der Waals surface area (Å²) in [5.41, 5.74) is 3.31. The summed E-state index contributed by atoms with van der Waals surface area (Å²) >= 11 is 0. The van der Waals surface area contributed by atoms with Crippen LogP contribution in [0.15, 0.2) is 54.6 Å². The number of nitrogens with one attached hydrogen (secondary N) is 1. The minimum Gasteiger partial charge on any atom is -0.383 e. The average molecular weight is 367 g/mol. The number of methoxy groups -OCH3 is 1. The third kappa shape index (κ3) is 4.40. The van der Waals surface area contributed by atoms with Gasteiger partial charge < -0.3 is 10.1 Å². The first-order valence-corrected chi connectivity index (χ1v) is 9.67. The van der Waals surface area contributed by atoms with Crippen LogP contribution in [0.25, 0.3) is 0 Å². The number of nitrogens with zero attached hydrogens (tertiary/aromatic N) is 1. The summed E-state index contributed by atoms with van der Waals surface area (Å²) in [7, 11) is 3.74. The first-order chi connectivity index (χ1) is 13.0. The molecule has 0 aromatic heterocycles. The van der Waals surface area contributed by atoms with Crippen molar-refractivity contribution in [3.63, 3.8) is 0 Å². The largest absolute Gasteiger partial charge is 0.383 e. The molecule has 0 heterocycles. The lowest BCUT2D eigenvalue weighted by molar-refractivity contribution is -0.133. The molecule has 3 rings (SSSR count). The monoisotopic (exact) mass is 366 g/mol. The Bertz CT molecular complexity index is 735. The fourth-order valence-electron chi connectivity index (χ4n) is 4.00. The van der Waals surface area contributed by atoms with Gasteiger partial charge >= 0.3 is 0 Å². The lowest BCUT2D eigenvalue weighted by Crippen LogP contribution is -2.60. The van der Waals surface area contributed by atoms with Gasteiger partial charge in [-0.1, -0.05) is 54.6 Å². The van der Waals surface area contributed by atoms with Crippen molar-refractivity contribution in [2.75, 3.05) is 27.3 Å². The SMILES string of the molecule is COC[C@@H](C)NC(=O)C1(N(C)CCc2ccccc2)Cc2ccccc2C1. The average Bonchev–Trinajstić information content (AvgIpc) is 3.08. The van der Waals surface area contributed by atoms with Gasteiger partial charge in [-0.05, 0) is 37.1 Å². The molecule has 144 valence electrons. The van der Waals surface area contributed by atoms with Crippen LogP contribution in [0.5, 0.6) is 0 Å². The van der Waals surface area contributed by atoms with Crippen LogP contribution in [0.3, 0.4) is 0 Å². The van der Waals surface area contributed by atoms with E-state index in [9.17, 15) is 4.79 Å². The highest BCUT2D eigenvalue weighted by Crippen LogP contribution is 2.34. The zero-order valence-corrected chi connectivity index (χ0v) is 16.6. The molecule has 4 heteroatoms. The van der Waals surface area contributed by atoms with E-state index in [0.717, 1.165) is 25.8 Å². The fraction of sp³-hybridized carbons (Fsp3) is 0.435. The Balaban J connectivity index is 1.79. The summed E-state index contributed by atoms with van der Waals surface area (Å²) in [5.74, 6) is 0.0961. The van der Waals surface area contributed by atoms with E-state index >= 15 is 0 Å². The van der Waals surface area contributed by atoms with Gasteiger partial charge in [-0.2, -0.15) is 0 Å². The van der Waals surface area contributed by atoms with Gasteiger partial charge in [0, 0.05) is 32.5 Å². The lowest BCUT2D eigenvalue weighted by atomic mass is 9.91. The van der Waals surface area contributed by atoms with Crippen molar-refractivity contribution in [3.8, 4) is 0 Å². The first kappa shape index (κ1) is 19.6. The van der Waals surface area contributed by atoms with Gasteiger partial charge in [0.1, 0.15) is 5.54 Å². The molecule has 0 spiro atoms. The second-order valence-electron chi connectivity index (χ2n) is 7.64. The predicted molar refractivity (Wildman–Crippen MR) is 109 cm³/mol. The number of carbonyl (C=O) groups excluding carboxylic acids is 1. The van der Waals surface area contributed by atoms with Crippen molar-refractivity contribution >= 4 is 5.91 Å². The zero-order chi connectivity index (χ0) is 19.3. The van der Waals surface area contributed by atoms with E-state index in [2.05, 4.69) is 65.8 Å². The topological polar surface area (TPSA) is 41.6 Å². The van der Waals surface area contributed by atoms with Crippen LogP contribution in [0.2, 0.25) is 0 Å². The second-order valence-corrected chi connectivity index (χ2v) is 7.64. The normalized spacial score (nSPS) is 16.1. The molecule has 0 aliphatic heterocycles. The van der Waals surface area contributed by atoms with E-state index in [1.807, 2.05) is 13.0 Å². The summed E-state index contributed by atoms with van der Waals surface area (Å²) < 4.78 is 5.20. The standard InChI is InChI=1S/C23H30N2O2/c1-18(17-27-3)24-22(26)23(15-20-11-7-8-12-21(20)16-23)25(2)14-13-19-9-5-4-6-10-19/h4-12,18H,13-17H2,1-3H3,(H,24,26)/t18-/m1/s1. The van der Waals surface area contributed by atoms with Crippen LogP contribution in [0.1, 0.15) is 23.6 Å². The van der Waals surface area contributed by atoms with Crippen molar-refractivity contribution < 1.29 is 9.53 Å². The highest BCUT2D eigenvalue weighted by atomic mass is 16.5. The number of hydrogen-bond donors (Lipinski definition) is 1. The Morgan fingerprint density at radius 2 is 1.70 bits per heavy atom. The van der Waals surface area contributed by atoms with Crippen LogP contribution >= 0.6 is 0 Å². The zero-order valence-electron chi connectivity index (χ0n) is 16.6. The van der Waals surface area contributed by atoms with Crippen molar-refractivity contribution in [2.24, 2.45) is 0 Å². The maximum absolute atomic E-state index is 13.4. The van der Waals surface area contributed by atoms with Crippen LogP contribution in [-0.2, 0) is 28.8 Å². The van der Waals surface area contributed by atoms with Gasteiger partial charge in [0.2, 0.25) is 5.91 Å². The Morgan fingerprint density at radius 3 is 2.30 bits per heavy atom. The van der Waals surface area contributed by atoms with Crippen LogP contribution in [-0.4, -0.2) is 49.7 Å². The number of ether oxygens (including phenoxy) is 1. The quantitative estimate of drug-likeness (QED) is 0.781. The van der Waals surface area contributed by atoms with E-state index in [1.54, 1.807) is 7.11 Å². The van der Waals surface area contributed by atoms with Gasteiger partial charge in [-0.3, -0.25) is 9.69 Å². The Morgan fingerprint density at radius 1 is 1.11 bits per heavy atom. The predicted octanol–water partition coefficient (Wildman–Crippen LogP) is 2.85. The minimum atomic E-state index is -0.541. The number of fused-ring (bicyclic) bond motifs is 1. The van der Waals surface area contributed by atoms with Crippen molar-refractivity contribution in [1.82, 2.24) is 10.2 Å². The smallest absolute Gasteiger partial charge is 0.241 e. The number of hydrogen-bond acceptors (Lipinski definition) is 3. The Kier molecular flexibility index (Phi) is 6.30. The van der Waals surface area contributed by atoms with Crippen LogP contribution in [0, 0.1) is 0 Å². The second kappa shape index (κ2) is 8.68. The van der Waals surface area contributed by atoms with Gasteiger partial charge in [-0.15, -0.1) is 0 Å². The Labute approximate surface area is 162 Å². The highest BCUT2D eigenvalue weighted by molar-refractivity contribution is 5.88. The number of likely N-dealkylation sites (N-methyl/N-ethyl adjacent to an activating group) is 1. The molecular weight excluding hydrogens is 336 g/mol. The number of carbonyl (C=O) groups is 1. The molecule has 0 radical (unpaired) electrons. The minimum absolute atomic E-state index is 0.00869. The number of amides is 1. The molecule has 1 amide bonds. The Hall–Kier alpha value is -2.17. The molecule has 0 fully saturated rings. The summed E-state index contributed by atoms with van der Waals surface area (Å²) in [6, 6.07) is 18.9. The number of rotatable bonds is 8. The molecule has 0 saturated carbocycles. The van der Waals surface area contributed by atoms with Crippen molar-refractivity contribution in [3.05, 3.63) is 71.3 Å². The summed E-state index contributed by atoms with van der Waals surface area (Å²) in [6.07, 6.45) is 2.43. The molecule has 0 bridgehead atoms. The summed E-state index contributed by atoms with van der Waals surface area (Å²) in [5, 5.41) is 3.17. The molecule has 0 saturated heterocycles. The van der Waals surface area contributed by atoms with Gasteiger partial charge in [0.15, 0.2) is 0 Å². The van der Waals surface area contributed by atoms with E-state index < -0.39 is 5.54 Å². The molecule has 1 aliphatic rings. The van der Waals surface area contributed by atoms with Crippen LogP contribution in [0.4, 0.5) is 0 Å². The molecule has 1 N–H and O–H groups in total. The van der Waals surface area contributed by atoms with Crippen molar-refractivity contribution in [2.45, 2.75) is 37.8 Å². The van der Waals surface area contributed by atoms with Crippen LogP contribution < -0.4 is 5.32 Å². The first-order valence-electron chi connectivity index (χ1n) is 9.67. The summed E-state index contributed by atoms with van der Waals surface area (Å²) in [4.78, 5) is 15.6. The molecule has 1 atom stereocenters. The molecule has 27 heavy (non-hydrogen) atoms. The van der Waals surface area contributed by atoms with E-state index in [-0.39, 0.29) is 11.9 Å². The molecule has 1 aliphatic carbocycles. The lowest BCUT2D eigenvalue weighted by Gasteiger charge is -2.38. The van der Waals surface area contributed by atoms with Crippen molar-refractivity contribution in [1.29, 1.82) is 0 Å². The maximum atomic E-state index is 13.4. The summed E-state index contributed by atoms with van der Waals surface area (Å²) in [6.45, 7) is 3.34. The van der Waals surface area contributed by atoms with Gasteiger partial charge in [0.25, 0.3) is 0 Å². The molecule has 2 aromatic carbocycles. The van der Waals surface area contributed by atoms with Gasteiger partial charge in [0.05, 0.1) is 6.61 Å². The van der Waals surface area contributed by atoms with E-state index in [1.165, 1.54) is 16.7 Å². The maximum Gasteiger partial charge on any atom is 0.241 e. The molecular formula is C23H30N2O2. The van der Waals surface area contributed by atoms with E-state index in [4.69, 9.17) is 4.74 Å². The number of benzene rings is 2. The molecule has 4 nitrogen and oxygen atoms in total. The molecule has 0 unspecified atom stereocenters. The van der Waals surface area contributed by atoms with E-state index in [0.29, 0.717) is 6.61 Å². The highest BCUT2D eigenvalue weighted by Gasteiger charge is 2.47.